The minimum Gasteiger partial charge on any atom is -0.459 e. The minimum absolute atomic E-state index is 0.0263. The Morgan fingerprint density at radius 2 is 1.80 bits per heavy atom. The van der Waals surface area contributed by atoms with E-state index in [4.69, 9.17) is 4.74 Å². The zero-order valence-electron chi connectivity index (χ0n) is 10.7. The van der Waals surface area contributed by atoms with E-state index in [-0.39, 0.29) is 27.9 Å². The fourth-order valence-corrected chi connectivity index (χ4v) is 2.58. The maximum absolute atomic E-state index is 12.0. The van der Waals surface area contributed by atoms with Crippen LogP contribution in [0.2, 0.25) is 0 Å². The molecular weight excluding hydrogens is 262 g/mol. The zero-order valence-corrected chi connectivity index (χ0v) is 10.7. The van der Waals surface area contributed by atoms with E-state index in [0.29, 0.717) is 0 Å². The van der Waals surface area contributed by atoms with Crippen LogP contribution in [0.3, 0.4) is 0 Å². The molecule has 0 radical (unpaired) electrons. The Hall–Kier alpha value is -2.21. The Balaban J connectivity index is 1.84. The van der Waals surface area contributed by atoms with Crippen LogP contribution in [0.5, 0.6) is 0 Å². The third-order valence-electron chi connectivity index (χ3n) is 3.68. The van der Waals surface area contributed by atoms with E-state index in [1.165, 1.54) is 18.2 Å². The van der Waals surface area contributed by atoms with E-state index in [1.807, 2.05) is 0 Å². The highest BCUT2D eigenvalue weighted by Gasteiger charge is 2.35. The van der Waals surface area contributed by atoms with Crippen molar-refractivity contribution in [3.8, 4) is 0 Å². The molecule has 104 valence electrons. The second-order valence-electron chi connectivity index (χ2n) is 4.99. The summed E-state index contributed by atoms with van der Waals surface area (Å²) in [5.41, 5.74) is 0.334. The van der Waals surface area contributed by atoms with Crippen LogP contribution in [0.4, 0.5) is 0 Å². The molecule has 1 fully saturated rings. The molecule has 1 aliphatic carbocycles. The second kappa shape index (κ2) is 4.72. The molecule has 1 aliphatic heterocycles. The lowest BCUT2D eigenvalue weighted by Gasteiger charge is -2.11. The molecule has 0 spiro atoms. The Bertz CT molecular complexity index is 604. The number of hydrogen-bond donors (Lipinski definition) is 1. The highest BCUT2D eigenvalue weighted by atomic mass is 16.5. The van der Waals surface area contributed by atoms with Crippen molar-refractivity contribution in [2.24, 2.45) is 0 Å². The van der Waals surface area contributed by atoms with Crippen molar-refractivity contribution in [2.45, 2.75) is 31.8 Å². The number of nitrogens with zero attached hydrogens (tertiary/aromatic N) is 1. The fourth-order valence-electron chi connectivity index (χ4n) is 2.58. The summed E-state index contributed by atoms with van der Waals surface area (Å²) in [4.78, 5) is 35.1. The number of esters is 1. The van der Waals surface area contributed by atoms with E-state index in [1.54, 1.807) is 0 Å². The van der Waals surface area contributed by atoms with Crippen molar-refractivity contribution >= 4 is 17.8 Å². The van der Waals surface area contributed by atoms with E-state index in [9.17, 15) is 19.6 Å². The van der Waals surface area contributed by atoms with Crippen molar-refractivity contribution < 1.29 is 24.3 Å². The Morgan fingerprint density at radius 3 is 2.50 bits per heavy atom. The molecule has 0 saturated heterocycles. The van der Waals surface area contributed by atoms with Gasteiger partial charge in [-0.2, -0.15) is 0 Å². The number of carbonyl (C=O) groups excluding carboxylic acids is 3. The maximum Gasteiger partial charge on any atom is 0.338 e. The molecule has 0 atom stereocenters. The highest BCUT2D eigenvalue weighted by Crippen LogP contribution is 2.25. The number of hydrogen-bond acceptors (Lipinski definition) is 5. The molecule has 1 N–H and O–H groups in total. The van der Waals surface area contributed by atoms with Gasteiger partial charge in [0, 0.05) is 0 Å². The van der Waals surface area contributed by atoms with Gasteiger partial charge in [0.2, 0.25) is 0 Å². The van der Waals surface area contributed by atoms with Gasteiger partial charge >= 0.3 is 5.97 Å². The first-order valence-electron chi connectivity index (χ1n) is 6.50. The minimum atomic E-state index is -0.819. The third-order valence-corrected chi connectivity index (χ3v) is 3.68. The van der Waals surface area contributed by atoms with Gasteiger partial charge in [-0.15, -0.1) is 5.06 Å². The first kappa shape index (κ1) is 12.8. The molecule has 2 amide bonds. The monoisotopic (exact) mass is 275 g/mol. The predicted octanol–water partition coefficient (Wildman–Crippen LogP) is 1.77. The van der Waals surface area contributed by atoms with E-state index < -0.39 is 17.8 Å². The number of hydroxylamine groups is 2. The first-order chi connectivity index (χ1) is 9.58. The second-order valence-corrected chi connectivity index (χ2v) is 4.99. The van der Waals surface area contributed by atoms with E-state index >= 15 is 0 Å². The van der Waals surface area contributed by atoms with Crippen LogP contribution in [0.15, 0.2) is 18.2 Å². The van der Waals surface area contributed by atoms with Gasteiger partial charge in [0.1, 0.15) is 6.10 Å². The van der Waals surface area contributed by atoms with Crippen LogP contribution < -0.4 is 0 Å². The van der Waals surface area contributed by atoms with Crippen molar-refractivity contribution in [3.05, 3.63) is 34.9 Å². The third kappa shape index (κ3) is 1.98. The summed E-state index contributed by atoms with van der Waals surface area (Å²) in [7, 11) is 0. The van der Waals surface area contributed by atoms with Crippen LogP contribution in [0.25, 0.3) is 0 Å². The predicted molar refractivity (Wildman–Crippen MR) is 66.4 cm³/mol. The lowest BCUT2D eigenvalue weighted by molar-refractivity contribution is -0.0327. The topological polar surface area (TPSA) is 83.9 Å². The van der Waals surface area contributed by atoms with Crippen LogP contribution in [0, 0.1) is 0 Å². The van der Waals surface area contributed by atoms with E-state index in [2.05, 4.69) is 0 Å². The largest absolute Gasteiger partial charge is 0.459 e. The smallest absolute Gasteiger partial charge is 0.338 e. The standard InChI is InChI=1S/C14H13NO5/c16-12-10-6-5-8(7-11(10)13(17)15(12)19)14(18)20-9-3-1-2-4-9/h5-7,9,19H,1-4H2. The summed E-state index contributed by atoms with van der Waals surface area (Å²) in [5.74, 6) is -2.10. The summed E-state index contributed by atoms with van der Waals surface area (Å²) < 4.78 is 5.33. The molecule has 3 rings (SSSR count). The van der Waals surface area contributed by atoms with E-state index in [0.717, 1.165) is 25.7 Å². The van der Waals surface area contributed by atoms with Crippen molar-refractivity contribution in [3.63, 3.8) is 0 Å². The Morgan fingerprint density at radius 1 is 1.15 bits per heavy atom. The molecule has 0 aromatic heterocycles. The summed E-state index contributed by atoms with van der Waals surface area (Å²) in [6.45, 7) is 0. The molecule has 1 heterocycles. The van der Waals surface area contributed by atoms with Crippen molar-refractivity contribution in [1.29, 1.82) is 0 Å². The normalized spacial score (nSPS) is 18.6. The van der Waals surface area contributed by atoms with Gasteiger partial charge in [-0.05, 0) is 43.9 Å². The zero-order chi connectivity index (χ0) is 14.3. The number of ether oxygens (including phenoxy) is 1. The number of imide groups is 1. The molecule has 0 bridgehead atoms. The molecule has 20 heavy (non-hydrogen) atoms. The molecule has 0 unspecified atom stereocenters. The SMILES string of the molecule is O=C(OC1CCCC1)c1ccc2c(c1)C(=O)N(O)C2=O. The molecule has 2 aliphatic rings. The van der Waals surface area contributed by atoms with Crippen LogP contribution in [-0.2, 0) is 4.74 Å². The van der Waals surface area contributed by atoms with Crippen molar-refractivity contribution in [2.75, 3.05) is 0 Å². The average molecular weight is 275 g/mol. The first-order valence-corrected chi connectivity index (χ1v) is 6.50. The van der Waals surface area contributed by atoms with Crippen LogP contribution in [-0.4, -0.2) is 34.2 Å². The molecule has 6 heteroatoms. The molecule has 1 saturated carbocycles. The highest BCUT2D eigenvalue weighted by molar-refractivity contribution is 6.20. The number of rotatable bonds is 2. The number of benzene rings is 1. The Labute approximate surface area is 114 Å². The van der Waals surface area contributed by atoms with Crippen LogP contribution >= 0.6 is 0 Å². The Kier molecular flexibility index (Phi) is 3.02. The van der Waals surface area contributed by atoms with Gasteiger partial charge in [-0.1, -0.05) is 0 Å². The van der Waals surface area contributed by atoms with Gasteiger partial charge in [0.15, 0.2) is 0 Å². The quantitative estimate of drug-likeness (QED) is 0.505. The number of carbonyl (C=O) groups is 3. The molecule has 1 aromatic carbocycles. The number of fused-ring (bicyclic) bond motifs is 1. The van der Waals surface area contributed by atoms with Gasteiger partial charge in [-0.25, -0.2) is 4.79 Å². The van der Waals surface area contributed by atoms with Gasteiger partial charge in [-0.3, -0.25) is 14.8 Å². The number of amides is 2. The summed E-state index contributed by atoms with van der Waals surface area (Å²) >= 11 is 0. The van der Waals surface area contributed by atoms with Gasteiger partial charge in [0.25, 0.3) is 11.8 Å². The van der Waals surface area contributed by atoms with Gasteiger partial charge < -0.3 is 4.74 Å². The van der Waals surface area contributed by atoms with Crippen LogP contribution in [0.1, 0.15) is 56.8 Å². The summed E-state index contributed by atoms with van der Waals surface area (Å²) in [6, 6.07) is 4.08. The lowest BCUT2D eigenvalue weighted by Crippen LogP contribution is -2.25. The molecule has 1 aromatic rings. The fraction of sp³-hybridized carbons (Fsp3) is 0.357. The summed E-state index contributed by atoms with van der Waals surface area (Å²) in [5, 5.41) is 9.32. The summed E-state index contributed by atoms with van der Waals surface area (Å²) in [6.07, 6.45) is 3.75. The molecule has 6 nitrogen and oxygen atoms in total. The van der Waals surface area contributed by atoms with Gasteiger partial charge in [0.05, 0.1) is 16.7 Å². The lowest BCUT2D eigenvalue weighted by atomic mass is 10.1. The average Bonchev–Trinajstić information content (AvgIpc) is 3.03. The molecular formula is C14H13NO5. The van der Waals surface area contributed by atoms with Crippen molar-refractivity contribution in [1.82, 2.24) is 5.06 Å². The maximum atomic E-state index is 12.0.